The molecule has 3 aromatic rings. The van der Waals surface area contributed by atoms with Crippen LogP contribution in [0.25, 0.3) is 0 Å². The molecule has 2 aromatic carbocycles. The number of phenols is 1. The molecule has 0 spiro atoms. The zero-order chi connectivity index (χ0) is 25.9. The number of benzene rings is 2. The molecule has 0 aliphatic heterocycles. The fraction of sp³-hybridized carbons (Fsp3) is 0.259. The van der Waals surface area contributed by atoms with Crippen molar-refractivity contribution in [2.45, 2.75) is 25.8 Å². The standard InChI is InChI=1S/C27H30N4O5/c1-19-7-3-4-8-22(19)31(25(34)15-14-24(33)30-23-9-5-6-16-28-23)26(27(35)29-17-18-36-2)20-10-12-21(32)13-11-20/h3-13,16,26,32H,14-15,17-18H2,1-2H3,(H,29,35)(H,28,30,33). The molecule has 0 aliphatic carbocycles. The third-order valence-electron chi connectivity index (χ3n) is 5.46. The van der Waals surface area contributed by atoms with Gasteiger partial charge in [0.25, 0.3) is 0 Å². The number of aromatic nitrogens is 1. The lowest BCUT2D eigenvalue weighted by Crippen LogP contribution is -2.45. The van der Waals surface area contributed by atoms with Crippen molar-refractivity contribution in [3.8, 4) is 5.75 Å². The van der Waals surface area contributed by atoms with Gasteiger partial charge in [-0.2, -0.15) is 0 Å². The zero-order valence-corrected chi connectivity index (χ0v) is 20.3. The van der Waals surface area contributed by atoms with Gasteiger partial charge in [-0.15, -0.1) is 0 Å². The molecular formula is C27H30N4O5. The van der Waals surface area contributed by atoms with Gasteiger partial charge in [-0.1, -0.05) is 36.4 Å². The molecule has 1 atom stereocenters. The molecule has 0 saturated carbocycles. The van der Waals surface area contributed by atoms with Gasteiger partial charge in [-0.25, -0.2) is 4.98 Å². The summed E-state index contributed by atoms with van der Waals surface area (Å²) in [7, 11) is 1.53. The Hall–Kier alpha value is -4.24. The number of hydrogen-bond acceptors (Lipinski definition) is 6. The van der Waals surface area contributed by atoms with Crippen molar-refractivity contribution < 1.29 is 24.2 Å². The minimum atomic E-state index is -1.03. The van der Waals surface area contributed by atoms with Crippen molar-refractivity contribution in [3.63, 3.8) is 0 Å². The minimum absolute atomic E-state index is 0.0391. The van der Waals surface area contributed by atoms with E-state index in [-0.39, 0.29) is 31.0 Å². The number of aromatic hydroxyl groups is 1. The summed E-state index contributed by atoms with van der Waals surface area (Å²) < 4.78 is 5.04. The average molecular weight is 491 g/mol. The molecule has 9 nitrogen and oxygen atoms in total. The number of rotatable bonds is 11. The molecule has 3 amide bonds. The lowest BCUT2D eigenvalue weighted by atomic mass is 10.0. The molecule has 1 unspecified atom stereocenters. The highest BCUT2D eigenvalue weighted by Crippen LogP contribution is 2.32. The van der Waals surface area contributed by atoms with Gasteiger partial charge in [0.15, 0.2) is 0 Å². The molecule has 3 N–H and O–H groups in total. The third kappa shape index (κ3) is 7.13. The van der Waals surface area contributed by atoms with Crippen molar-refractivity contribution in [1.82, 2.24) is 10.3 Å². The molecule has 0 saturated heterocycles. The van der Waals surface area contributed by atoms with Crippen LogP contribution >= 0.6 is 0 Å². The number of aryl methyl sites for hydroxylation is 1. The maximum Gasteiger partial charge on any atom is 0.247 e. The molecule has 0 aliphatic rings. The predicted octanol–water partition coefficient (Wildman–Crippen LogP) is 3.35. The first kappa shape index (κ1) is 26.4. The highest BCUT2D eigenvalue weighted by atomic mass is 16.5. The summed E-state index contributed by atoms with van der Waals surface area (Å²) in [5.41, 5.74) is 1.85. The lowest BCUT2D eigenvalue weighted by Gasteiger charge is -2.32. The number of pyridine rings is 1. The van der Waals surface area contributed by atoms with Gasteiger partial charge in [-0.05, 0) is 48.4 Å². The third-order valence-corrected chi connectivity index (χ3v) is 5.46. The van der Waals surface area contributed by atoms with Crippen LogP contribution in [-0.2, 0) is 19.1 Å². The van der Waals surface area contributed by atoms with Gasteiger partial charge in [0.05, 0.1) is 6.61 Å². The van der Waals surface area contributed by atoms with Gasteiger partial charge in [0.2, 0.25) is 17.7 Å². The normalized spacial score (nSPS) is 11.4. The van der Waals surface area contributed by atoms with E-state index >= 15 is 0 Å². The van der Waals surface area contributed by atoms with Crippen molar-refractivity contribution >= 4 is 29.2 Å². The summed E-state index contributed by atoms with van der Waals surface area (Å²) in [6.07, 6.45) is 1.34. The van der Waals surface area contributed by atoms with Crippen LogP contribution in [0.5, 0.6) is 5.75 Å². The Morgan fingerprint density at radius 3 is 2.39 bits per heavy atom. The van der Waals surface area contributed by atoms with Crippen LogP contribution in [0.2, 0.25) is 0 Å². The highest BCUT2D eigenvalue weighted by molar-refractivity contribution is 6.03. The van der Waals surface area contributed by atoms with E-state index in [2.05, 4.69) is 15.6 Å². The van der Waals surface area contributed by atoms with E-state index in [1.807, 2.05) is 19.1 Å². The summed E-state index contributed by atoms with van der Waals surface area (Å²) in [5, 5.41) is 15.3. The number of methoxy groups -OCH3 is 1. The molecular weight excluding hydrogens is 460 g/mol. The number of phenolic OH excluding ortho intramolecular Hbond substituents is 1. The van der Waals surface area contributed by atoms with Crippen LogP contribution in [-0.4, -0.2) is 48.1 Å². The number of nitrogens with one attached hydrogen (secondary N) is 2. The first-order chi connectivity index (χ1) is 17.4. The molecule has 1 heterocycles. The fourth-order valence-corrected chi connectivity index (χ4v) is 3.68. The summed E-state index contributed by atoms with van der Waals surface area (Å²) in [5.74, 6) is -0.743. The molecule has 36 heavy (non-hydrogen) atoms. The molecule has 9 heteroatoms. The largest absolute Gasteiger partial charge is 0.508 e. The summed E-state index contributed by atoms with van der Waals surface area (Å²) in [4.78, 5) is 45.0. The van der Waals surface area contributed by atoms with E-state index in [4.69, 9.17) is 4.74 Å². The van der Waals surface area contributed by atoms with Crippen LogP contribution in [0.15, 0.2) is 72.9 Å². The molecule has 1 aromatic heterocycles. The van der Waals surface area contributed by atoms with E-state index in [0.717, 1.165) is 5.56 Å². The SMILES string of the molecule is COCCNC(=O)C(c1ccc(O)cc1)N(C(=O)CCC(=O)Nc1ccccn1)c1ccccc1C. The highest BCUT2D eigenvalue weighted by Gasteiger charge is 2.33. The maximum atomic E-state index is 13.6. The van der Waals surface area contributed by atoms with Crippen LogP contribution < -0.4 is 15.5 Å². The van der Waals surface area contributed by atoms with Gasteiger partial charge in [0.1, 0.15) is 17.6 Å². The van der Waals surface area contributed by atoms with E-state index in [1.54, 1.807) is 48.7 Å². The number of carbonyl (C=O) groups excluding carboxylic acids is 3. The first-order valence-electron chi connectivity index (χ1n) is 11.5. The number of carbonyl (C=O) groups is 3. The number of para-hydroxylation sites is 1. The van der Waals surface area contributed by atoms with Gasteiger partial charge >= 0.3 is 0 Å². The Bertz CT molecular complexity index is 1170. The van der Waals surface area contributed by atoms with Crippen molar-refractivity contribution in [2.24, 2.45) is 0 Å². The first-order valence-corrected chi connectivity index (χ1v) is 11.5. The quantitative estimate of drug-likeness (QED) is 0.355. The Morgan fingerprint density at radius 2 is 1.72 bits per heavy atom. The zero-order valence-electron chi connectivity index (χ0n) is 20.3. The molecule has 0 fully saturated rings. The van der Waals surface area contributed by atoms with Crippen LogP contribution in [0.4, 0.5) is 11.5 Å². The Kier molecular flexibility index (Phi) is 9.53. The summed E-state index contributed by atoms with van der Waals surface area (Å²) in [6.45, 7) is 2.41. The molecule has 188 valence electrons. The van der Waals surface area contributed by atoms with E-state index in [1.165, 1.54) is 24.1 Å². The second-order valence-corrected chi connectivity index (χ2v) is 8.09. The van der Waals surface area contributed by atoms with Crippen LogP contribution in [0.3, 0.4) is 0 Å². The Balaban J connectivity index is 1.91. The summed E-state index contributed by atoms with van der Waals surface area (Å²) >= 11 is 0. The predicted molar refractivity (Wildman–Crippen MR) is 136 cm³/mol. The van der Waals surface area contributed by atoms with E-state index < -0.39 is 17.9 Å². The number of hydrogen-bond donors (Lipinski definition) is 3. The van der Waals surface area contributed by atoms with E-state index in [0.29, 0.717) is 23.7 Å². The fourth-order valence-electron chi connectivity index (χ4n) is 3.68. The summed E-state index contributed by atoms with van der Waals surface area (Å²) in [6, 6.07) is 17.5. The monoisotopic (exact) mass is 490 g/mol. The molecule has 0 bridgehead atoms. The number of amides is 3. The molecule has 0 radical (unpaired) electrons. The maximum absolute atomic E-state index is 13.6. The Labute approximate surface area is 210 Å². The van der Waals surface area contributed by atoms with Crippen LogP contribution in [0, 0.1) is 6.92 Å². The van der Waals surface area contributed by atoms with Crippen molar-refractivity contribution in [3.05, 3.63) is 84.1 Å². The minimum Gasteiger partial charge on any atom is -0.508 e. The van der Waals surface area contributed by atoms with Gasteiger partial charge in [-0.3, -0.25) is 19.3 Å². The number of ether oxygens (including phenoxy) is 1. The number of nitrogens with zero attached hydrogens (tertiary/aromatic N) is 2. The smallest absolute Gasteiger partial charge is 0.247 e. The second kappa shape index (κ2) is 13.0. The van der Waals surface area contributed by atoms with Crippen molar-refractivity contribution in [1.29, 1.82) is 0 Å². The average Bonchev–Trinajstić information content (AvgIpc) is 2.88. The van der Waals surface area contributed by atoms with E-state index in [9.17, 15) is 19.5 Å². The van der Waals surface area contributed by atoms with Gasteiger partial charge in [0, 0.05) is 38.4 Å². The second-order valence-electron chi connectivity index (χ2n) is 8.09. The van der Waals surface area contributed by atoms with Crippen molar-refractivity contribution in [2.75, 3.05) is 30.5 Å². The Morgan fingerprint density at radius 1 is 1.00 bits per heavy atom. The topological polar surface area (TPSA) is 121 Å². The molecule has 3 rings (SSSR count). The van der Waals surface area contributed by atoms with Gasteiger partial charge < -0.3 is 20.5 Å². The lowest BCUT2D eigenvalue weighted by molar-refractivity contribution is -0.127. The number of anilines is 2. The van der Waals surface area contributed by atoms with Crippen LogP contribution in [0.1, 0.15) is 30.0 Å².